The molecule has 0 aliphatic carbocycles. The largest absolute Gasteiger partial charge is 0.489 e. The van der Waals surface area contributed by atoms with E-state index in [9.17, 15) is 0 Å². The van der Waals surface area contributed by atoms with Gasteiger partial charge in [-0.25, -0.2) is 0 Å². The Morgan fingerprint density at radius 3 is 2.46 bits per heavy atom. The number of hydrogen-bond donors (Lipinski definition) is 2. The van der Waals surface area contributed by atoms with Crippen molar-refractivity contribution in [3.63, 3.8) is 0 Å². The summed E-state index contributed by atoms with van der Waals surface area (Å²) in [5.74, 6) is 0.930. The second-order valence-corrected chi connectivity index (χ2v) is 7.65. The summed E-state index contributed by atoms with van der Waals surface area (Å²) in [6.07, 6.45) is 1.15. The molecule has 0 saturated heterocycles. The number of H-pyrrole nitrogens is 1. The van der Waals surface area contributed by atoms with E-state index in [1.54, 1.807) is 4.90 Å². The van der Waals surface area contributed by atoms with Crippen molar-refractivity contribution in [2.45, 2.75) is 26.1 Å². The van der Waals surface area contributed by atoms with Crippen molar-refractivity contribution >= 4 is 10.9 Å². The third kappa shape index (κ3) is 3.54. The van der Waals surface area contributed by atoms with Gasteiger partial charge in [0.05, 0.1) is 12.2 Å². The van der Waals surface area contributed by atoms with Crippen LogP contribution in [0.25, 0.3) is 10.9 Å². The summed E-state index contributed by atoms with van der Waals surface area (Å²) in [6, 6.07) is 27.6. The van der Waals surface area contributed by atoms with E-state index in [1.165, 1.54) is 39.8 Å². The summed E-state index contributed by atoms with van der Waals surface area (Å²) < 4.78 is 5.91. The lowest BCUT2D eigenvalue weighted by Crippen LogP contribution is -3.10. The quantitative estimate of drug-likeness (QED) is 0.549. The fourth-order valence-corrected chi connectivity index (χ4v) is 4.22. The lowest BCUT2D eigenvalue weighted by atomic mass is 10.0. The van der Waals surface area contributed by atoms with Crippen molar-refractivity contribution in [1.29, 1.82) is 0 Å². The van der Waals surface area contributed by atoms with Gasteiger partial charge in [-0.1, -0.05) is 48.5 Å². The van der Waals surface area contributed by atoms with Crippen molar-refractivity contribution in [1.82, 2.24) is 4.98 Å². The number of ether oxygens (including phenoxy) is 1. The van der Waals surface area contributed by atoms with Crippen LogP contribution in [0.1, 0.15) is 22.4 Å². The van der Waals surface area contributed by atoms with Crippen molar-refractivity contribution in [2.24, 2.45) is 0 Å². The van der Waals surface area contributed by atoms with E-state index < -0.39 is 0 Å². The lowest BCUT2D eigenvalue weighted by Gasteiger charge is -2.24. The summed E-state index contributed by atoms with van der Waals surface area (Å²) in [5, 5.41) is 1.40. The molecule has 140 valence electrons. The molecule has 4 aromatic rings. The smallest absolute Gasteiger partial charge is 0.119 e. The molecule has 0 bridgehead atoms. The highest BCUT2D eigenvalue weighted by Crippen LogP contribution is 2.23. The Hall–Kier alpha value is -3.04. The zero-order valence-electron chi connectivity index (χ0n) is 15.9. The first-order valence-corrected chi connectivity index (χ1v) is 10.0. The van der Waals surface area contributed by atoms with Crippen LogP contribution in [0.4, 0.5) is 0 Å². The predicted octanol–water partition coefficient (Wildman–Crippen LogP) is 3.89. The molecule has 0 fully saturated rings. The van der Waals surface area contributed by atoms with Gasteiger partial charge in [-0.3, -0.25) is 0 Å². The second-order valence-electron chi connectivity index (χ2n) is 7.65. The topological polar surface area (TPSA) is 29.5 Å². The fourth-order valence-electron chi connectivity index (χ4n) is 4.22. The molecule has 3 nitrogen and oxygen atoms in total. The van der Waals surface area contributed by atoms with Crippen LogP contribution in [0, 0.1) is 0 Å². The first-order chi connectivity index (χ1) is 13.8. The zero-order valence-corrected chi connectivity index (χ0v) is 15.9. The number of rotatable bonds is 5. The Labute approximate surface area is 165 Å². The maximum Gasteiger partial charge on any atom is 0.119 e. The molecule has 0 amide bonds. The number of aromatic nitrogens is 1. The molecule has 0 spiro atoms. The van der Waals surface area contributed by atoms with Crippen LogP contribution in [0.3, 0.4) is 0 Å². The van der Waals surface area contributed by atoms with Crippen LogP contribution >= 0.6 is 0 Å². The van der Waals surface area contributed by atoms with Crippen LogP contribution in [0.15, 0.2) is 78.9 Å². The summed E-state index contributed by atoms with van der Waals surface area (Å²) >= 11 is 0. The van der Waals surface area contributed by atoms with E-state index in [0.29, 0.717) is 6.61 Å². The summed E-state index contributed by atoms with van der Waals surface area (Å²) in [6.45, 7) is 3.91. The molecule has 1 unspecified atom stereocenters. The Balaban J connectivity index is 1.22. The molecule has 2 heterocycles. The van der Waals surface area contributed by atoms with Crippen molar-refractivity contribution in [3.8, 4) is 5.75 Å². The number of quaternary nitrogens is 1. The molecule has 1 aliphatic rings. The molecular weight excluding hydrogens is 344 g/mol. The van der Waals surface area contributed by atoms with Gasteiger partial charge >= 0.3 is 0 Å². The molecule has 0 saturated carbocycles. The molecular formula is C25H25N2O+. The van der Waals surface area contributed by atoms with E-state index in [0.717, 1.165) is 25.3 Å². The van der Waals surface area contributed by atoms with Gasteiger partial charge in [-0.15, -0.1) is 0 Å². The average molecular weight is 369 g/mol. The van der Waals surface area contributed by atoms with Crippen molar-refractivity contribution in [3.05, 3.63) is 101 Å². The number of fused-ring (bicyclic) bond motifs is 3. The van der Waals surface area contributed by atoms with E-state index >= 15 is 0 Å². The molecule has 3 heteroatoms. The minimum Gasteiger partial charge on any atom is -0.489 e. The number of para-hydroxylation sites is 1. The van der Waals surface area contributed by atoms with Gasteiger partial charge in [0.25, 0.3) is 0 Å². The molecule has 1 atom stereocenters. The molecule has 0 radical (unpaired) electrons. The fraction of sp³-hybridized carbons (Fsp3) is 0.200. The number of aromatic amines is 1. The van der Waals surface area contributed by atoms with E-state index in [4.69, 9.17) is 4.74 Å². The number of nitrogens with one attached hydrogen (secondary N) is 2. The maximum atomic E-state index is 5.91. The second kappa shape index (κ2) is 7.53. The van der Waals surface area contributed by atoms with Crippen molar-refractivity contribution < 1.29 is 9.64 Å². The number of hydrogen-bond acceptors (Lipinski definition) is 1. The molecule has 5 rings (SSSR count). The van der Waals surface area contributed by atoms with E-state index in [-0.39, 0.29) is 0 Å². The minimum absolute atomic E-state index is 0.612. The Morgan fingerprint density at radius 1 is 0.821 bits per heavy atom. The first-order valence-electron chi connectivity index (χ1n) is 10.0. The van der Waals surface area contributed by atoms with Crippen LogP contribution < -0.4 is 9.64 Å². The maximum absolute atomic E-state index is 5.91. The highest BCUT2D eigenvalue weighted by atomic mass is 16.5. The van der Waals surface area contributed by atoms with Gasteiger partial charge in [-0.2, -0.15) is 0 Å². The highest BCUT2D eigenvalue weighted by molar-refractivity contribution is 5.84. The van der Waals surface area contributed by atoms with Crippen LogP contribution in [0.2, 0.25) is 0 Å². The standard InChI is InChI=1S/C25H24N2O/c1-2-6-20(7-3-1)18-28-21-12-10-19(11-13-21)16-27-15-14-23-22-8-4-5-9-24(22)26-25(23)17-27/h1-13,26H,14-18H2/p+1. The van der Waals surface area contributed by atoms with Gasteiger partial charge < -0.3 is 14.6 Å². The molecule has 3 aromatic carbocycles. The average Bonchev–Trinajstić information content (AvgIpc) is 3.12. The first kappa shape index (κ1) is 17.1. The SMILES string of the molecule is c1ccc(COc2ccc(C[NH+]3CCc4c([nH]c5ccccc45)C3)cc2)cc1. The van der Waals surface area contributed by atoms with Gasteiger partial charge in [0, 0.05) is 22.9 Å². The van der Waals surface area contributed by atoms with Gasteiger partial charge in [0.15, 0.2) is 0 Å². The van der Waals surface area contributed by atoms with E-state index in [1.807, 2.05) is 18.2 Å². The zero-order chi connectivity index (χ0) is 18.8. The number of benzene rings is 3. The Bertz CT molecular complexity index is 1070. The van der Waals surface area contributed by atoms with Crippen LogP contribution in [-0.2, 0) is 26.1 Å². The summed E-state index contributed by atoms with van der Waals surface area (Å²) in [4.78, 5) is 5.24. The summed E-state index contributed by atoms with van der Waals surface area (Å²) in [7, 11) is 0. The molecule has 2 N–H and O–H groups in total. The lowest BCUT2D eigenvalue weighted by molar-refractivity contribution is -0.929. The Morgan fingerprint density at radius 2 is 1.61 bits per heavy atom. The van der Waals surface area contributed by atoms with Gasteiger partial charge in [0.1, 0.15) is 25.4 Å². The third-order valence-electron chi connectivity index (χ3n) is 5.68. The molecule has 1 aromatic heterocycles. The molecule has 1 aliphatic heterocycles. The summed E-state index contributed by atoms with van der Waals surface area (Å²) in [5.41, 5.74) is 6.75. The third-order valence-corrected chi connectivity index (χ3v) is 5.68. The van der Waals surface area contributed by atoms with Crippen molar-refractivity contribution in [2.75, 3.05) is 6.54 Å². The molecule has 28 heavy (non-hydrogen) atoms. The minimum atomic E-state index is 0.612. The predicted molar refractivity (Wildman–Crippen MR) is 112 cm³/mol. The van der Waals surface area contributed by atoms with E-state index in [2.05, 4.69) is 65.6 Å². The highest BCUT2D eigenvalue weighted by Gasteiger charge is 2.23. The normalized spacial score (nSPS) is 16.1. The van der Waals surface area contributed by atoms with Gasteiger partial charge in [-0.05, 0) is 41.5 Å². The monoisotopic (exact) mass is 369 g/mol. The van der Waals surface area contributed by atoms with Crippen LogP contribution in [-0.4, -0.2) is 11.5 Å². The van der Waals surface area contributed by atoms with Gasteiger partial charge in [0.2, 0.25) is 0 Å². The van der Waals surface area contributed by atoms with Crippen LogP contribution in [0.5, 0.6) is 5.75 Å². The Kier molecular flexibility index (Phi) is 4.59.